The van der Waals surface area contributed by atoms with Gasteiger partial charge in [0.2, 0.25) is 0 Å². The Morgan fingerprint density at radius 2 is 1.91 bits per heavy atom. The number of carbonyl (C=O) groups excluding carboxylic acids is 1. The average Bonchev–Trinajstić information content (AvgIpc) is 2.51. The van der Waals surface area contributed by atoms with Gasteiger partial charge >= 0.3 is 6.03 Å². The molecule has 0 aliphatic carbocycles. The van der Waals surface area contributed by atoms with Gasteiger partial charge < -0.3 is 20.5 Å². The lowest BCUT2D eigenvalue weighted by molar-refractivity contribution is 0.250. The molecule has 2 rings (SSSR count). The molecular weight excluding hydrogens is 292 g/mol. The molecule has 3 N–H and O–H groups in total. The number of aromatic hydroxyl groups is 1. The van der Waals surface area contributed by atoms with E-state index in [4.69, 9.17) is 4.74 Å². The molecule has 2 aromatic carbocycles. The molecule has 0 aromatic heterocycles. The Labute approximate surface area is 136 Å². The van der Waals surface area contributed by atoms with Crippen LogP contribution in [0.25, 0.3) is 0 Å². The number of anilines is 1. The van der Waals surface area contributed by atoms with Crippen molar-refractivity contribution in [1.29, 1.82) is 0 Å². The van der Waals surface area contributed by atoms with Crippen LogP contribution in [-0.4, -0.2) is 24.3 Å². The first kappa shape index (κ1) is 16.7. The standard InChI is InChI=1S/C18H22N2O3/c1-13-6-3-4-7-17(13)23-11-5-10-19-18(22)20-16-9-8-15(21)12-14(16)2/h3-4,6-9,12,21H,5,10-11H2,1-2H3,(H2,19,20,22). The van der Waals surface area contributed by atoms with Gasteiger partial charge in [-0.15, -0.1) is 0 Å². The van der Waals surface area contributed by atoms with Crippen LogP contribution in [0.3, 0.4) is 0 Å². The van der Waals surface area contributed by atoms with Crippen molar-refractivity contribution in [2.75, 3.05) is 18.5 Å². The van der Waals surface area contributed by atoms with Crippen LogP contribution in [0.15, 0.2) is 42.5 Å². The molecule has 2 amide bonds. The zero-order valence-electron chi connectivity index (χ0n) is 13.4. The van der Waals surface area contributed by atoms with E-state index < -0.39 is 0 Å². The fourth-order valence-electron chi connectivity index (χ4n) is 2.13. The maximum atomic E-state index is 11.8. The van der Waals surface area contributed by atoms with Gasteiger partial charge in [-0.25, -0.2) is 4.79 Å². The third-order valence-electron chi connectivity index (χ3n) is 3.42. The summed E-state index contributed by atoms with van der Waals surface area (Å²) >= 11 is 0. The van der Waals surface area contributed by atoms with Crippen LogP contribution < -0.4 is 15.4 Å². The highest BCUT2D eigenvalue weighted by Crippen LogP contribution is 2.20. The van der Waals surface area contributed by atoms with Crippen molar-refractivity contribution in [2.45, 2.75) is 20.3 Å². The van der Waals surface area contributed by atoms with Gasteiger partial charge in [-0.2, -0.15) is 0 Å². The normalized spacial score (nSPS) is 10.2. The third-order valence-corrected chi connectivity index (χ3v) is 3.42. The van der Waals surface area contributed by atoms with E-state index in [1.165, 1.54) is 0 Å². The number of hydrogen-bond acceptors (Lipinski definition) is 3. The fraction of sp³-hybridized carbons (Fsp3) is 0.278. The highest BCUT2D eigenvalue weighted by molar-refractivity contribution is 5.90. The average molecular weight is 314 g/mol. The number of nitrogens with one attached hydrogen (secondary N) is 2. The number of amides is 2. The summed E-state index contributed by atoms with van der Waals surface area (Å²) < 4.78 is 5.67. The van der Waals surface area contributed by atoms with Gasteiger partial charge in [-0.05, 0) is 55.7 Å². The van der Waals surface area contributed by atoms with Gasteiger partial charge in [0.05, 0.1) is 6.61 Å². The molecule has 0 aliphatic heterocycles. The number of urea groups is 1. The van der Waals surface area contributed by atoms with Crippen molar-refractivity contribution in [3.8, 4) is 11.5 Å². The van der Waals surface area contributed by atoms with Gasteiger partial charge in [0.15, 0.2) is 0 Å². The second kappa shape index (κ2) is 8.08. The lowest BCUT2D eigenvalue weighted by Gasteiger charge is -2.11. The largest absolute Gasteiger partial charge is 0.508 e. The molecule has 5 heteroatoms. The number of phenols is 1. The zero-order valence-corrected chi connectivity index (χ0v) is 13.4. The highest BCUT2D eigenvalue weighted by Gasteiger charge is 2.04. The third kappa shape index (κ3) is 5.21. The SMILES string of the molecule is Cc1cc(O)ccc1NC(=O)NCCCOc1ccccc1C. The van der Waals surface area contributed by atoms with E-state index in [-0.39, 0.29) is 11.8 Å². The molecule has 23 heavy (non-hydrogen) atoms. The van der Waals surface area contributed by atoms with Gasteiger partial charge in [0, 0.05) is 12.2 Å². The molecular formula is C18H22N2O3. The van der Waals surface area contributed by atoms with Crippen LogP contribution in [0.2, 0.25) is 0 Å². The lowest BCUT2D eigenvalue weighted by atomic mass is 10.2. The summed E-state index contributed by atoms with van der Waals surface area (Å²) in [6, 6.07) is 12.4. The van der Waals surface area contributed by atoms with Crippen LogP contribution in [-0.2, 0) is 0 Å². The summed E-state index contributed by atoms with van der Waals surface area (Å²) in [6.07, 6.45) is 0.719. The van der Waals surface area contributed by atoms with E-state index in [9.17, 15) is 9.90 Å². The van der Waals surface area contributed by atoms with Crippen molar-refractivity contribution >= 4 is 11.7 Å². The van der Waals surface area contributed by atoms with Gasteiger partial charge in [-0.1, -0.05) is 18.2 Å². The number of ether oxygens (including phenoxy) is 1. The van der Waals surface area contributed by atoms with E-state index >= 15 is 0 Å². The molecule has 5 nitrogen and oxygen atoms in total. The molecule has 0 saturated carbocycles. The maximum absolute atomic E-state index is 11.8. The minimum Gasteiger partial charge on any atom is -0.508 e. The van der Waals surface area contributed by atoms with Crippen molar-refractivity contribution in [1.82, 2.24) is 5.32 Å². The molecule has 0 unspecified atom stereocenters. The molecule has 2 aromatic rings. The fourth-order valence-corrected chi connectivity index (χ4v) is 2.13. The van der Waals surface area contributed by atoms with E-state index in [0.717, 1.165) is 23.3 Å². The Balaban J connectivity index is 1.68. The summed E-state index contributed by atoms with van der Waals surface area (Å²) in [4.78, 5) is 11.8. The minimum atomic E-state index is -0.269. The van der Waals surface area contributed by atoms with Crippen LogP contribution in [0.4, 0.5) is 10.5 Å². The van der Waals surface area contributed by atoms with E-state index in [0.29, 0.717) is 18.8 Å². The number of hydrogen-bond donors (Lipinski definition) is 3. The molecule has 0 saturated heterocycles. The van der Waals surface area contributed by atoms with Gasteiger partial charge in [0.1, 0.15) is 11.5 Å². The Morgan fingerprint density at radius 3 is 2.65 bits per heavy atom. The Bertz CT molecular complexity index is 671. The quantitative estimate of drug-likeness (QED) is 0.563. The zero-order chi connectivity index (χ0) is 16.7. The van der Waals surface area contributed by atoms with Crippen LogP contribution in [0.5, 0.6) is 11.5 Å². The molecule has 0 radical (unpaired) electrons. The number of phenolic OH excluding ortho intramolecular Hbond substituents is 1. The molecule has 0 fully saturated rings. The predicted octanol–water partition coefficient (Wildman–Crippen LogP) is 3.60. The van der Waals surface area contributed by atoms with Crippen molar-refractivity contribution in [2.24, 2.45) is 0 Å². The number of carbonyl (C=O) groups is 1. The first-order chi connectivity index (χ1) is 11.1. The van der Waals surface area contributed by atoms with Gasteiger partial charge in [0.25, 0.3) is 0 Å². The smallest absolute Gasteiger partial charge is 0.319 e. The topological polar surface area (TPSA) is 70.6 Å². The first-order valence-corrected chi connectivity index (χ1v) is 7.59. The van der Waals surface area contributed by atoms with Gasteiger partial charge in [-0.3, -0.25) is 0 Å². The van der Waals surface area contributed by atoms with Crippen molar-refractivity contribution in [3.05, 3.63) is 53.6 Å². The second-order valence-corrected chi connectivity index (χ2v) is 5.35. The summed E-state index contributed by atoms with van der Waals surface area (Å²) in [6.45, 7) is 4.89. The van der Waals surface area contributed by atoms with Crippen LogP contribution in [0, 0.1) is 13.8 Å². The Kier molecular flexibility index (Phi) is 5.86. The molecule has 0 heterocycles. The molecule has 0 spiro atoms. The summed E-state index contributed by atoms with van der Waals surface area (Å²) in [5.41, 5.74) is 2.58. The second-order valence-electron chi connectivity index (χ2n) is 5.35. The molecule has 122 valence electrons. The summed E-state index contributed by atoms with van der Waals surface area (Å²) in [5, 5.41) is 14.9. The lowest BCUT2D eigenvalue weighted by Crippen LogP contribution is -2.30. The molecule has 0 aliphatic rings. The van der Waals surface area contributed by atoms with Crippen LogP contribution >= 0.6 is 0 Å². The monoisotopic (exact) mass is 314 g/mol. The number of benzene rings is 2. The highest BCUT2D eigenvalue weighted by atomic mass is 16.5. The Morgan fingerprint density at radius 1 is 1.13 bits per heavy atom. The maximum Gasteiger partial charge on any atom is 0.319 e. The van der Waals surface area contributed by atoms with E-state index in [1.807, 2.05) is 38.1 Å². The molecule has 0 bridgehead atoms. The Hall–Kier alpha value is -2.69. The van der Waals surface area contributed by atoms with Crippen LogP contribution in [0.1, 0.15) is 17.5 Å². The summed E-state index contributed by atoms with van der Waals surface area (Å²) in [7, 11) is 0. The minimum absolute atomic E-state index is 0.182. The van der Waals surface area contributed by atoms with E-state index in [2.05, 4.69) is 10.6 Å². The first-order valence-electron chi connectivity index (χ1n) is 7.59. The number of rotatable bonds is 6. The van der Waals surface area contributed by atoms with E-state index in [1.54, 1.807) is 18.2 Å². The molecule has 0 atom stereocenters. The van der Waals surface area contributed by atoms with Crippen molar-refractivity contribution in [3.63, 3.8) is 0 Å². The number of para-hydroxylation sites is 1. The summed E-state index contributed by atoms with van der Waals surface area (Å²) in [5.74, 6) is 1.05. The van der Waals surface area contributed by atoms with Crippen molar-refractivity contribution < 1.29 is 14.6 Å². The predicted molar refractivity (Wildman–Crippen MR) is 91.2 cm³/mol. The number of aryl methyl sites for hydroxylation is 2.